The molecule has 0 aromatic rings. The minimum Gasteiger partial charge on any atom is -0.357 e. The van der Waals surface area contributed by atoms with E-state index < -0.39 is 12.2 Å². The molecule has 164 valence electrons. The van der Waals surface area contributed by atoms with Crippen LogP contribution in [0, 0.1) is 5.92 Å². The van der Waals surface area contributed by atoms with E-state index in [4.69, 9.17) is 4.99 Å². The molecule has 0 saturated carbocycles. The number of nitrogens with one attached hydrogen (secondary N) is 1. The predicted molar refractivity (Wildman–Crippen MR) is 109 cm³/mol. The minimum absolute atomic E-state index is 0.415. The number of nitrogens with zero attached hydrogens (tertiary/aromatic N) is 4. The van der Waals surface area contributed by atoms with Crippen LogP contribution in [0.4, 0.5) is 13.2 Å². The van der Waals surface area contributed by atoms with Gasteiger partial charge in [-0.15, -0.1) is 0 Å². The zero-order valence-electron chi connectivity index (χ0n) is 17.8. The Morgan fingerprint density at radius 2 is 1.86 bits per heavy atom. The summed E-state index contributed by atoms with van der Waals surface area (Å²) in [6, 6.07) is -1.38. The van der Waals surface area contributed by atoms with Crippen LogP contribution in [0.5, 0.6) is 0 Å². The van der Waals surface area contributed by atoms with Crippen molar-refractivity contribution in [2.75, 3.05) is 58.9 Å². The molecule has 0 bridgehead atoms. The van der Waals surface area contributed by atoms with Crippen LogP contribution >= 0.6 is 0 Å². The number of guanidine groups is 1. The Bertz CT molecular complexity index is 475. The van der Waals surface area contributed by atoms with E-state index in [1.807, 2.05) is 6.92 Å². The van der Waals surface area contributed by atoms with Gasteiger partial charge >= 0.3 is 6.18 Å². The van der Waals surface area contributed by atoms with Crippen LogP contribution < -0.4 is 5.32 Å². The van der Waals surface area contributed by atoms with Gasteiger partial charge in [-0.3, -0.25) is 9.89 Å². The standard InChI is InChI=1S/C20H38F3N5/c1-4-24-19(25-9-5-6-10-26-11-7-8-17(2)16-26)28-14-12-27(13-15-28)18(3)20(21,22)23/h17-18H,4-16H2,1-3H3,(H,24,25). The normalized spacial score (nSPS) is 24.4. The Labute approximate surface area is 168 Å². The van der Waals surface area contributed by atoms with E-state index in [1.54, 1.807) is 0 Å². The maximum absolute atomic E-state index is 12.9. The maximum atomic E-state index is 12.9. The highest BCUT2D eigenvalue weighted by molar-refractivity contribution is 5.80. The minimum atomic E-state index is -4.16. The summed E-state index contributed by atoms with van der Waals surface area (Å²) in [6.45, 7) is 12.7. The summed E-state index contributed by atoms with van der Waals surface area (Å²) in [5.74, 6) is 1.65. The number of piperazine rings is 1. The highest BCUT2D eigenvalue weighted by Gasteiger charge is 2.41. The number of halogens is 3. The number of alkyl halides is 3. The lowest BCUT2D eigenvalue weighted by atomic mass is 10.0. The van der Waals surface area contributed by atoms with Gasteiger partial charge in [0.15, 0.2) is 5.96 Å². The molecule has 0 amide bonds. The Balaban J connectivity index is 1.73. The van der Waals surface area contributed by atoms with Crippen molar-refractivity contribution >= 4 is 5.96 Å². The van der Waals surface area contributed by atoms with Gasteiger partial charge < -0.3 is 15.1 Å². The number of hydrogen-bond donors (Lipinski definition) is 1. The third-order valence-corrected chi connectivity index (χ3v) is 5.86. The van der Waals surface area contributed by atoms with Crippen molar-refractivity contribution in [2.24, 2.45) is 10.9 Å². The quantitative estimate of drug-likeness (QED) is 0.401. The third-order valence-electron chi connectivity index (χ3n) is 5.86. The lowest BCUT2D eigenvalue weighted by Crippen LogP contribution is -2.56. The summed E-state index contributed by atoms with van der Waals surface area (Å²) in [5, 5.41) is 3.30. The molecule has 1 N–H and O–H groups in total. The third kappa shape index (κ3) is 7.43. The molecule has 2 heterocycles. The zero-order chi connectivity index (χ0) is 20.6. The summed E-state index contributed by atoms with van der Waals surface area (Å²) in [7, 11) is 0. The van der Waals surface area contributed by atoms with Crippen molar-refractivity contribution in [1.29, 1.82) is 0 Å². The average Bonchev–Trinajstić information content (AvgIpc) is 2.66. The number of rotatable bonds is 7. The Morgan fingerprint density at radius 3 is 2.46 bits per heavy atom. The number of unbranched alkanes of at least 4 members (excludes halogenated alkanes) is 1. The molecular weight excluding hydrogens is 367 g/mol. The van der Waals surface area contributed by atoms with E-state index in [9.17, 15) is 13.2 Å². The Hall–Kier alpha value is -1.02. The maximum Gasteiger partial charge on any atom is 0.403 e. The molecule has 5 nitrogen and oxygen atoms in total. The van der Waals surface area contributed by atoms with Gasteiger partial charge in [-0.1, -0.05) is 6.92 Å². The molecule has 2 aliphatic rings. The molecule has 2 saturated heterocycles. The predicted octanol–water partition coefficient (Wildman–Crippen LogP) is 3.03. The molecule has 2 unspecified atom stereocenters. The van der Waals surface area contributed by atoms with Crippen LogP contribution in [0.25, 0.3) is 0 Å². The van der Waals surface area contributed by atoms with Gasteiger partial charge in [0, 0.05) is 45.8 Å². The van der Waals surface area contributed by atoms with E-state index >= 15 is 0 Å². The van der Waals surface area contributed by atoms with Gasteiger partial charge in [0.05, 0.1) is 0 Å². The molecule has 2 rings (SSSR count). The van der Waals surface area contributed by atoms with Gasteiger partial charge in [0.25, 0.3) is 0 Å². The second-order valence-corrected chi connectivity index (χ2v) is 8.23. The van der Waals surface area contributed by atoms with Gasteiger partial charge in [-0.25, -0.2) is 0 Å². The summed E-state index contributed by atoms with van der Waals surface area (Å²) in [6.07, 6.45) is 0.689. The largest absolute Gasteiger partial charge is 0.403 e. The monoisotopic (exact) mass is 405 g/mol. The first-order valence-electron chi connectivity index (χ1n) is 10.9. The molecule has 0 aromatic heterocycles. The molecule has 0 spiro atoms. The lowest BCUT2D eigenvalue weighted by molar-refractivity contribution is -0.181. The van der Waals surface area contributed by atoms with Gasteiger partial charge in [-0.2, -0.15) is 13.2 Å². The van der Waals surface area contributed by atoms with E-state index in [2.05, 4.69) is 22.0 Å². The first-order valence-corrected chi connectivity index (χ1v) is 10.9. The van der Waals surface area contributed by atoms with E-state index in [1.165, 1.54) is 37.8 Å². The number of likely N-dealkylation sites (tertiary alicyclic amines) is 1. The highest BCUT2D eigenvalue weighted by atomic mass is 19.4. The Kier molecular flexibility index (Phi) is 9.34. The summed E-state index contributed by atoms with van der Waals surface area (Å²) >= 11 is 0. The summed E-state index contributed by atoms with van der Waals surface area (Å²) < 4.78 is 38.7. The van der Waals surface area contributed by atoms with Crippen LogP contribution in [0.15, 0.2) is 4.99 Å². The van der Waals surface area contributed by atoms with Crippen molar-refractivity contribution < 1.29 is 13.2 Å². The first kappa shape index (κ1) is 23.3. The molecule has 2 aliphatic heterocycles. The fourth-order valence-corrected chi connectivity index (χ4v) is 4.08. The van der Waals surface area contributed by atoms with E-state index in [0.717, 1.165) is 44.4 Å². The van der Waals surface area contributed by atoms with Crippen LogP contribution in [0.3, 0.4) is 0 Å². The van der Waals surface area contributed by atoms with Gasteiger partial charge in [0.2, 0.25) is 0 Å². The highest BCUT2D eigenvalue weighted by Crippen LogP contribution is 2.25. The summed E-state index contributed by atoms with van der Waals surface area (Å²) in [4.78, 5) is 10.9. The SMILES string of the molecule is CCNC(=NCCCCN1CCCC(C)C1)N1CCN(C(C)C(F)(F)F)CC1. The first-order chi connectivity index (χ1) is 13.3. The summed E-state index contributed by atoms with van der Waals surface area (Å²) in [5.41, 5.74) is 0. The van der Waals surface area contributed by atoms with E-state index in [-0.39, 0.29) is 0 Å². The lowest BCUT2D eigenvalue weighted by Gasteiger charge is -2.39. The van der Waals surface area contributed by atoms with E-state index in [0.29, 0.717) is 26.2 Å². The smallest absolute Gasteiger partial charge is 0.357 e. The fourth-order valence-electron chi connectivity index (χ4n) is 4.08. The molecule has 28 heavy (non-hydrogen) atoms. The zero-order valence-corrected chi connectivity index (χ0v) is 17.8. The molecule has 0 aliphatic carbocycles. The van der Waals surface area contributed by atoms with Crippen LogP contribution in [0.2, 0.25) is 0 Å². The van der Waals surface area contributed by atoms with Crippen molar-refractivity contribution in [3.05, 3.63) is 0 Å². The number of hydrogen-bond acceptors (Lipinski definition) is 3. The van der Waals surface area contributed by atoms with Crippen molar-refractivity contribution in [2.45, 2.75) is 58.7 Å². The average molecular weight is 406 g/mol. The Morgan fingerprint density at radius 1 is 1.14 bits per heavy atom. The van der Waals surface area contributed by atoms with Crippen molar-refractivity contribution in [3.63, 3.8) is 0 Å². The number of aliphatic imine (C=N–C) groups is 1. The second-order valence-electron chi connectivity index (χ2n) is 8.23. The molecule has 0 radical (unpaired) electrons. The fraction of sp³-hybridized carbons (Fsp3) is 0.950. The molecule has 2 atom stereocenters. The molecule has 0 aromatic carbocycles. The molecular formula is C20H38F3N5. The second kappa shape index (κ2) is 11.2. The van der Waals surface area contributed by atoms with Crippen LogP contribution in [-0.2, 0) is 0 Å². The van der Waals surface area contributed by atoms with Gasteiger partial charge in [-0.05, 0) is 58.5 Å². The topological polar surface area (TPSA) is 34.1 Å². The van der Waals surface area contributed by atoms with Crippen molar-refractivity contribution in [3.8, 4) is 0 Å². The van der Waals surface area contributed by atoms with Gasteiger partial charge in [0.1, 0.15) is 6.04 Å². The van der Waals surface area contributed by atoms with Crippen LogP contribution in [0.1, 0.15) is 46.5 Å². The molecule has 2 fully saturated rings. The number of piperidine rings is 1. The van der Waals surface area contributed by atoms with Crippen molar-refractivity contribution in [1.82, 2.24) is 20.0 Å². The van der Waals surface area contributed by atoms with Crippen LogP contribution in [-0.4, -0.2) is 91.8 Å². The molecule has 8 heteroatoms.